The first-order valence-electron chi connectivity index (χ1n) is 3.00. The largest absolute Gasteiger partial charge is 2.00 e. The van der Waals surface area contributed by atoms with E-state index in [4.69, 9.17) is 6.42 Å². The number of terminal acetylenes is 1. The van der Waals surface area contributed by atoms with Gasteiger partial charge in [-0.05, 0) is 12.8 Å². The first-order chi connectivity index (χ1) is 3.91. The van der Waals surface area contributed by atoms with E-state index in [1.807, 2.05) is 0 Å². The van der Waals surface area contributed by atoms with Gasteiger partial charge in [0.15, 0.2) is 0 Å². The molecule has 0 unspecified atom stereocenters. The van der Waals surface area contributed by atoms with E-state index in [9.17, 15) is 0 Å². The molecule has 0 rings (SSSR count). The Labute approximate surface area is 98.2 Å². The molecule has 0 aliphatic rings. The van der Waals surface area contributed by atoms with Gasteiger partial charge in [0.1, 0.15) is 0 Å². The summed E-state index contributed by atoms with van der Waals surface area (Å²) in [4.78, 5) is 0. The van der Waals surface area contributed by atoms with Gasteiger partial charge < -0.3 is 24.8 Å². The van der Waals surface area contributed by atoms with Crippen molar-refractivity contribution in [3.05, 3.63) is 12.2 Å². The molecule has 0 aliphatic heterocycles. The average Bonchev–Trinajstić information content (AvgIpc) is 1.81. The van der Waals surface area contributed by atoms with Crippen LogP contribution in [0, 0.1) is 12.3 Å². The summed E-state index contributed by atoms with van der Waals surface area (Å²) in [7, 11) is 0. The van der Waals surface area contributed by atoms with Crippen molar-refractivity contribution in [2.75, 3.05) is 0 Å². The number of hydrogen-bond acceptors (Lipinski definition) is 0. The Morgan fingerprint density at radius 2 is 1.82 bits per heavy atom. The summed E-state index contributed by atoms with van der Waals surface area (Å²) in [5, 5.41) is 0. The van der Waals surface area contributed by atoms with Gasteiger partial charge >= 0.3 is 23.1 Å². The molecule has 0 radical (unpaired) electrons. The maximum absolute atomic E-state index is 5.03. The first kappa shape index (κ1) is 22.6. The smallest absolute Gasteiger partial charge is 1.00 e. The summed E-state index contributed by atoms with van der Waals surface area (Å²) in [5.41, 5.74) is 0. The minimum atomic E-state index is 0. The first-order valence-corrected chi connectivity index (χ1v) is 3.00. The number of hydrogen-bond donors (Lipinski definition) is 0. The average molecular weight is 203 g/mol. The van der Waals surface area contributed by atoms with Gasteiger partial charge in [-0.2, -0.15) is 0 Å². The Morgan fingerprint density at radius 3 is 2.18 bits per heavy atom. The van der Waals surface area contributed by atoms with Gasteiger partial charge in [0, 0.05) is 6.42 Å². The summed E-state index contributed by atoms with van der Waals surface area (Å²) < 4.78 is 0. The van der Waals surface area contributed by atoms with Crippen LogP contribution in [0.2, 0.25) is 0 Å². The Morgan fingerprint density at radius 1 is 1.27 bits per heavy atom. The van der Waals surface area contributed by atoms with Crippen molar-refractivity contribution in [3.63, 3.8) is 0 Å². The molecule has 0 saturated heterocycles. The Bertz CT molecular complexity index is 105. The van der Waals surface area contributed by atoms with E-state index < -0.39 is 0 Å². The molecule has 0 aromatic rings. The van der Waals surface area contributed by atoms with Crippen LogP contribution in [0.3, 0.4) is 0 Å². The Balaban J connectivity index is -0.0000000817. The van der Waals surface area contributed by atoms with Gasteiger partial charge in [-0.3, -0.25) is 0 Å². The van der Waals surface area contributed by atoms with Crippen molar-refractivity contribution >= 4 is 23.1 Å². The van der Waals surface area contributed by atoms with Crippen molar-refractivity contribution in [1.82, 2.24) is 0 Å². The van der Waals surface area contributed by atoms with Crippen LogP contribution < -0.4 is 24.8 Å². The molecule has 0 bridgehead atoms. The quantitative estimate of drug-likeness (QED) is 0.190. The topological polar surface area (TPSA) is 0 Å². The minimum Gasteiger partial charge on any atom is -1.00 e. The van der Waals surface area contributed by atoms with Crippen LogP contribution in [0.25, 0.3) is 0 Å². The molecule has 0 aromatic heterocycles. The second-order valence-corrected chi connectivity index (χ2v) is 1.62. The summed E-state index contributed by atoms with van der Waals surface area (Å²) in [6.45, 7) is 2.12. The fraction of sp³-hybridized carbons (Fsp3) is 0.500. The second-order valence-electron chi connectivity index (χ2n) is 1.62. The molecule has 0 N–H and O–H groups in total. The van der Waals surface area contributed by atoms with E-state index in [-0.39, 0.29) is 47.9 Å². The van der Waals surface area contributed by atoms with E-state index in [1.165, 1.54) is 0 Å². The molecule has 0 saturated carbocycles. The number of allylic oxidation sites excluding steroid dienone is 2. The van der Waals surface area contributed by atoms with Crippen molar-refractivity contribution in [3.8, 4) is 12.3 Å². The molecule has 0 atom stereocenters. The Kier molecular flexibility index (Phi) is 46.0. The molecule has 0 heterocycles. The van der Waals surface area contributed by atoms with E-state index in [2.05, 4.69) is 25.0 Å². The molecule has 0 aromatic carbocycles. The SMILES string of the molecule is C#CCC/C=C\CC.[Cl-].[Cl-].[Mg+2]. The van der Waals surface area contributed by atoms with E-state index in [1.54, 1.807) is 0 Å². The summed E-state index contributed by atoms with van der Waals surface area (Å²) in [6, 6.07) is 0. The van der Waals surface area contributed by atoms with Gasteiger partial charge in [0.05, 0.1) is 0 Å². The fourth-order valence-corrected chi connectivity index (χ4v) is 0.451. The number of unbranched alkanes of at least 4 members (excludes halogenated alkanes) is 1. The van der Waals surface area contributed by atoms with Crippen molar-refractivity contribution in [2.45, 2.75) is 26.2 Å². The van der Waals surface area contributed by atoms with Gasteiger partial charge in [-0.15, -0.1) is 12.3 Å². The number of rotatable bonds is 3. The van der Waals surface area contributed by atoms with Crippen LogP contribution in [0.1, 0.15) is 26.2 Å². The van der Waals surface area contributed by atoms with Gasteiger partial charge in [-0.1, -0.05) is 19.1 Å². The maximum atomic E-state index is 5.03. The number of halogens is 2. The normalized spacial score (nSPS) is 6.91. The van der Waals surface area contributed by atoms with Crippen LogP contribution in [0.15, 0.2) is 12.2 Å². The van der Waals surface area contributed by atoms with Gasteiger partial charge in [0.25, 0.3) is 0 Å². The third-order valence-electron chi connectivity index (χ3n) is 0.858. The summed E-state index contributed by atoms with van der Waals surface area (Å²) in [6.07, 6.45) is 12.3. The molecule has 0 nitrogen and oxygen atoms in total. The monoisotopic (exact) mass is 202 g/mol. The molecule has 0 fully saturated rings. The predicted molar refractivity (Wildman–Crippen MR) is 43.3 cm³/mol. The third kappa shape index (κ3) is 25.0. The Hall–Kier alpha value is 0.646. The molecule has 11 heavy (non-hydrogen) atoms. The molecule has 0 spiro atoms. The fourth-order valence-electron chi connectivity index (χ4n) is 0.451. The van der Waals surface area contributed by atoms with Gasteiger partial charge in [0.2, 0.25) is 0 Å². The van der Waals surface area contributed by atoms with Crippen LogP contribution in [-0.4, -0.2) is 23.1 Å². The van der Waals surface area contributed by atoms with Crippen LogP contribution in [-0.2, 0) is 0 Å². The molecular weight excluding hydrogens is 191 g/mol. The zero-order chi connectivity index (χ0) is 6.24. The molecule has 3 heteroatoms. The summed E-state index contributed by atoms with van der Waals surface area (Å²) in [5.74, 6) is 2.58. The van der Waals surface area contributed by atoms with E-state index in [0.717, 1.165) is 19.3 Å². The predicted octanol–water partition coefficient (Wildman–Crippen LogP) is -4.01. The van der Waals surface area contributed by atoms with Crippen LogP contribution in [0.5, 0.6) is 0 Å². The van der Waals surface area contributed by atoms with Crippen LogP contribution in [0.4, 0.5) is 0 Å². The minimum absolute atomic E-state index is 0. The zero-order valence-corrected chi connectivity index (χ0v) is 9.74. The zero-order valence-electron chi connectivity index (χ0n) is 6.82. The van der Waals surface area contributed by atoms with Crippen molar-refractivity contribution < 1.29 is 24.8 Å². The molecule has 0 amide bonds. The molecule has 0 aliphatic carbocycles. The second kappa shape index (κ2) is 22.4. The standard InChI is InChI=1S/C8H12.2ClH.Mg/c1-3-5-7-8-6-4-2;;;/h1,6,8H,4-5,7H2,2H3;2*1H;/q;;;+2/p-2/b8-6-;;;. The van der Waals surface area contributed by atoms with Gasteiger partial charge in [-0.25, -0.2) is 0 Å². The molecular formula is C8H12Cl2Mg. The third-order valence-corrected chi connectivity index (χ3v) is 0.858. The van der Waals surface area contributed by atoms with E-state index in [0.29, 0.717) is 0 Å². The maximum Gasteiger partial charge on any atom is 2.00 e. The summed E-state index contributed by atoms with van der Waals surface area (Å²) >= 11 is 0. The van der Waals surface area contributed by atoms with Crippen LogP contribution >= 0.6 is 0 Å². The van der Waals surface area contributed by atoms with Crippen molar-refractivity contribution in [1.29, 1.82) is 0 Å². The van der Waals surface area contributed by atoms with E-state index >= 15 is 0 Å². The molecule has 60 valence electrons. The van der Waals surface area contributed by atoms with Crippen molar-refractivity contribution in [2.24, 2.45) is 0 Å².